The lowest BCUT2D eigenvalue weighted by atomic mass is 10.1. The molecule has 0 aliphatic carbocycles. The maximum Gasteiger partial charge on any atom is 0.230 e. The Balaban J connectivity index is 1.62. The van der Waals surface area contributed by atoms with Crippen LogP contribution in [0.2, 0.25) is 0 Å². The monoisotopic (exact) mass is 357 g/mol. The predicted molar refractivity (Wildman–Crippen MR) is 93.3 cm³/mol. The summed E-state index contributed by atoms with van der Waals surface area (Å²) in [6, 6.07) is 7.73. The lowest BCUT2D eigenvalue weighted by molar-refractivity contribution is 0.0899. The van der Waals surface area contributed by atoms with Gasteiger partial charge in [0.1, 0.15) is 11.8 Å². The molecule has 0 saturated carbocycles. The second kappa shape index (κ2) is 7.83. The van der Waals surface area contributed by atoms with Crippen molar-refractivity contribution in [2.24, 2.45) is 0 Å². The van der Waals surface area contributed by atoms with Crippen molar-refractivity contribution in [3.8, 4) is 11.8 Å². The predicted octanol–water partition coefficient (Wildman–Crippen LogP) is 0.935. The van der Waals surface area contributed by atoms with Crippen molar-refractivity contribution < 1.29 is 14.3 Å². The van der Waals surface area contributed by atoms with E-state index in [-0.39, 0.29) is 6.04 Å². The number of benzene rings is 1. The molecule has 1 unspecified atom stereocenters. The average Bonchev–Trinajstić information content (AvgIpc) is 3.19. The van der Waals surface area contributed by atoms with Crippen molar-refractivity contribution in [3.05, 3.63) is 41.1 Å². The second-order valence-electron chi connectivity index (χ2n) is 6.61. The van der Waals surface area contributed by atoms with Crippen molar-refractivity contribution in [1.29, 1.82) is 5.26 Å². The van der Waals surface area contributed by atoms with Gasteiger partial charge in [0.25, 0.3) is 0 Å². The summed E-state index contributed by atoms with van der Waals surface area (Å²) in [7, 11) is 3.50. The van der Waals surface area contributed by atoms with E-state index in [2.05, 4.69) is 21.2 Å². The van der Waals surface area contributed by atoms with Crippen molar-refractivity contribution in [3.63, 3.8) is 0 Å². The summed E-state index contributed by atoms with van der Waals surface area (Å²) >= 11 is 0. The molecule has 1 saturated heterocycles. The van der Waals surface area contributed by atoms with E-state index in [9.17, 15) is 10.4 Å². The van der Waals surface area contributed by atoms with Crippen LogP contribution in [0.25, 0.3) is 0 Å². The molecule has 0 amide bonds. The number of nitriles is 1. The van der Waals surface area contributed by atoms with E-state index in [1.807, 2.05) is 30.1 Å². The number of β-amino-alcohol motifs (C(OH)–C–C–N with tert-alkyl or cyclic N) is 1. The Morgan fingerprint density at radius 2 is 2.23 bits per heavy atom. The number of aliphatic hydroxyl groups is 1. The molecule has 1 aliphatic rings. The molecule has 0 bridgehead atoms. The molecule has 8 heteroatoms. The zero-order valence-corrected chi connectivity index (χ0v) is 15.2. The van der Waals surface area contributed by atoms with Gasteiger partial charge in [-0.25, -0.2) is 0 Å². The van der Waals surface area contributed by atoms with Gasteiger partial charge in [0.15, 0.2) is 0 Å². The number of aromatic nitrogens is 2. The third-order valence-electron chi connectivity index (χ3n) is 4.64. The summed E-state index contributed by atoms with van der Waals surface area (Å²) in [5.74, 6) is 1.66. The van der Waals surface area contributed by atoms with E-state index in [0.29, 0.717) is 42.7 Å². The van der Waals surface area contributed by atoms with Gasteiger partial charge in [0.2, 0.25) is 11.8 Å². The highest BCUT2D eigenvalue weighted by Gasteiger charge is 2.34. The number of likely N-dealkylation sites (N-methyl/N-ethyl adjacent to an activating group) is 1. The lowest BCUT2D eigenvalue weighted by Gasteiger charge is -2.25. The van der Waals surface area contributed by atoms with Crippen molar-refractivity contribution in [2.45, 2.75) is 32.2 Å². The van der Waals surface area contributed by atoms with Crippen LogP contribution in [0.15, 0.2) is 22.6 Å². The Bertz CT molecular complexity index is 800. The SMILES string of the molecule is COc1ccc(CN2CC(N(C)Cc3nnc(C)o3)[C@H](O)C2)cc1C#N. The minimum Gasteiger partial charge on any atom is -0.495 e. The van der Waals surface area contributed by atoms with Gasteiger partial charge in [-0.2, -0.15) is 5.26 Å². The minimum absolute atomic E-state index is 0.0177. The molecule has 3 rings (SSSR count). The standard InChI is InChI=1S/C18H23N5O3/c1-12-20-21-18(26-12)11-22(2)15-9-23(10-16(15)24)8-13-4-5-17(25-3)14(6-13)7-19/h4-6,15-16,24H,8-11H2,1-3H3/t15?,16-/m1/s1. The summed E-state index contributed by atoms with van der Waals surface area (Å²) in [6.45, 7) is 4.22. The van der Waals surface area contributed by atoms with Gasteiger partial charge >= 0.3 is 0 Å². The molecule has 0 radical (unpaired) electrons. The summed E-state index contributed by atoms with van der Waals surface area (Å²) in [4.78, 5) is 4.21. The topological polar surface area (TPSA) is 98.7 Å². The van der Waals surface area contributed by atoms with Crippen LogP contribution in [0.4, 0.5) is 0 Å². The average molecular weight is 357 g/mol. The molecule has 0 spiro atoms. The first kappa shape index (κ1) is 18.3. The van der Waals surface area contributed by atoms with Gasteiger partial charge in [-0.1, -0.05) is 6.07 Å². The summed E-state index contributed by atoms with van der Waals surface area (Å²) in [5, 5.41) is 27.5. The van der Waals surface area contributed by atoms with Gasteiger partial charge in [0, 0.05) is 32.6 Å². The largest absolute Gasteiger partial charge is 0.495 e. The van der Waals surface area contributed by atoms with Crippen LogP contribution in [-0.4, -0.2) is 64.5 Å². The Morgan fingerprint density at radius 3 is 2.88 bits per heavy atom. The number of rotatable bonds is 6. The molecule has 8 nitrogen and oxygen atoms in total. The van der Waals surface area contributed by atoms with E-state index in [0.717, 1.165) is 12.1 Å². The van der Waals surface area contributed by atoms with Crippen molar-refractivity contribution in [1.82, 2.24) is 20.0 Å². The maximum absolute atomic E-state index is 10.5. The number of hydrogen-bond donors (Lipinski definition) is 1. The summed E-state index contributed by atoms with van der Waals surface area (Å²) in [5.41, 5.74) is 1.54. The lowest BCUT2D eigenvalue weighted by Crippen LogP contribution is -2.40. The van der Waals surface area contributed by atoms with Crippen molar-refractivity contribution >= 4 is 0 Å². The first-order chi connectivity index (χ1) is 12.5. The summed E-state index contributed by atoms with van der Waals surface area (Å²) in [6.07, 6.45) is -0.460. The van der Waals surface area contributed by atoms with Gasteiger partial charge in [-0.15, -0.1) is 10.2 Å². The van der Waals surface area contributed by atoms with E-state index in [4.69, 9.17) is 9.15 Å². The van der Waals surface area contributed by atoms with Gasteiger partial charge in [-0.3, -0.25) is 9.80 Å². The van der Waals surface area contributed by atoms with E-state index in [1.54, 1.807) is 14.0 Å². The number of likely N-dealkylation sites (tertiary alicyclic amines) is 1. The number of aryl methyl sites for hydroxylation is 1. The highest BCUT2D eigenvalue weighted by atomic mass is 16.5. The van der Waals surface area contributed by atoms with Crippen LogP contribution in [0.3, 0.4) is 0 Å². The molecule has 1 aliphatic heterocycles. The molecule has 1 fully saturated rings. The fourth-order valence-electron chi connectivity index (χ4n) is 3.34. The van der Waals surface area contributed by atoms with Crippen LogP contribution < -0.4 is 4.74 Å². The van der Waals surface area contributed by atoms with E-state index >= 15 is 0 Å². The smallest absolute Gasteiger partial charge is 0.230 e. The Labute approximate surface area is 152 Å². The maximum atomic E-state index is 10.5. The molecule has 2 atom stereocenters. The zero-order valence-electron chi connectivity index (χ0n) is 15.2. The molecule has 138 valence electrons. The molecule has 1 aromatic heterocycles. The normalized spacial score (nSPS) is 20.5. The van der Waals surface area contributed by atoms with E-state index < -0.39 is 6.10 Å². The first-order valence-electron chi connectivity index (χ1n) is 8.46. The van der Waals surface area contributed by atoms with Crippen molar-refractivity contribution in [2.75, 3.05) is 27.2 Å². The van der Waals surface area contributed by atoms with Crippen LogP contribution in [0.5, 0.6) is 5.75 Å². The Morgan fingerprint density at radius 1 is 1.42 bits per heavy atom. The number of nitrogens with zero attached hydrogens (tertiary/aromatic N) is 5. The fourth-order valence-corrected chi connectivity index (χ4v) is 3.34. The molecule has 2 aromatic rings. The van der Waals surface area contributed by atoms with Crippen LogP contribution in [0.1, 0.15) is 22.9 Å². The van der Waals surface area contributed by atoms with Crippen LogP contribution >= 0.6 is 0 Å². The molecule has 1 aromatic carbocycles. The number of methoxy groups -OCH3 is 1. The number of hydrogen-bond acceptors (Lipinski definition) is 8. The fraction of sp³-hybridized carbons (Fsp3) is 0.500. The molecular weight excluding hydrogens is 334 g/mol. The minimum atomic E-state index is -0.460. The zero-order chi connectivity index (χ0) is 18.7. The van der Waals surface area contributed by atoms with Crippen LogP contribution in [0, 0.1) is 18.3 Å². The number of aliphatic hydroxyl groups excluding tert-OH is 1. The van der Waals surface area contributed by atoms with Crippen LogP contribution in [-0.2, 0) is 13.1 Å². The van der Waals surface area contributed by atoms with E-state index in [1.165, 1.54) is 0 Å². The second-order valence-corrected chi connectivity index (χ2v) is 6.61. The highest BCUT2D eigenvalue weighted by molar-refractivity contribution is 5.45. The Hall–Kier alpha value is -2.47. The molecule has 1 N–H and O–H groups in total. The number of ether oxygens (including phenoxy) is 1. The third kappa shape index (κ3) is 4.02. The van der Waals surface area contributed by atoms with Gasteiger partial charge in [-0.05, 0) is 24.7 Å². The summed E-state index contributed by atoms with van der Waals surface area (Å²) < 4.78 is 10.6. The van der Waals surface area contributed by atoms with Gasteiger partial charge in [0.05, 0.1) is 25.3 Å². The molecule has 2 heterocycles. The highest BCUT2D eigenvalue weighted by Crippen LogP contribution is 2.23. The third-order valence-corrected chi connectivity index (χ3v) is 4.64. The Kier molecular flexibility index (Phi) is 5.52. The quantitative estimate of drug-likeness (QED) is 0.815. The molecular formula is C18H23N5O3. The van der Waals surface area contributed by atoms with Gasteiger partial charge < -0.3 is 14.3 Å². The molecule has 26 heavy (non-hydrogen) atoms. The first-order valence-corrected chi connectivity index (χ1v) is 8.46.